The van der Waals surface area contributed by atoms with Crippen LogP contribution in [-0.2, 0) is 5.41 Å². The van der Waals surface area contributed by atoms with Crippen molar-refractivity contribution in [2.24, 2.45) is 0 Å². The number of anilines is 3. The molecule has 3 heteroatoms. The zero-order valence-corrected chi connectivity index (χ0v) is 31.4. The summed E-state index contributed by atoms with van der Waals surface area (Å²) in [6, 6.07) is 72.9. The lowest BCUT2D eigenvalue weighted by atomic mass is 9.65. The van der Waals surface area contributed by atoms with Gasteiger partial charge >= 0.3 is 0 Å². The van der Waals surface area contributed by atoms with E-state index in [1.54, 1.807) is 0 Å². The zero-order valence-electron chi connectivity index (χ0n) is 31.4. The van der Waals surface area contributed by atoms with E-state index in [4.69, 9.17) is 4.74 Å². The molecule has 10 aromatic rings. The highest BCUT2D eigenvalue weighted by Gasteiger charge is 2.52. The third-order valence-electron chi connectivity index (χ3n) is 12.4. The summed E-state index contributed by atoms with van der Waals surface area (Å²) in [4.78, 5) is 2.53. The fourth-order valence-corrected chi connectivity index (χ4v) is 10.1. The Morgan fingerprint density at radius 1 is 0.456 bits per heavy atom. The summed E-state index contributed by atoms with van der Waals surface area (Å²) in [5, 5.41) is 4.72. The van der Waals surface area contributed by atoms with E-state index in [0.29, 0.717) is 0 Å². The van der Waals surface area contributed by atoms with Crippen LogP contribution >= 0.6 is 0 Å². The second-order valence-electron chi connectivity index (χ2n) is 15.2. The Kier molecular flexibility index (Phi) is 6.76. The van der Waals surface area contributed by atoms with E-state index in [2.05, 4.69) is 217 Å². The molecule has 9 aromatic carbocycles. The minimum absolute atomic E-state index is 0.608. The third-order valence-corrected chi connectivity index (χ3v) is 12.4. The number of para-hydroxylation sites is 4. The van der Waals surface area contributed by atoms with Gasteiger partial charge in [-0.15, -0.1) is 0 Å². The molecule has 2 aliphatic rings. The first-order valence-electron chi connectivity index (χ1n) is 19.7. The Morgan fingerprint density at radius 3 is 2.00 bits per heavy atom. The topological polar surface area (TPSA) is 17.4 Å². The number of aryl methyl sites for hydroxylation is 1. The zero-order chi connectivity index (χ0) is 37.7. The number of nitrogens with zero attached hydrogens (tertiary/aromatic N) is 2. The van der Waals surface area contributed by atoms with Crippen molar-refractivity contribution in [1.82, 2.24) is 4.57 Å². The minimum atomic E-state index is -0.608. The van der Waals surface area contributed by atoms with Crippen LogP contribution in [0.1, 0.15) is 27.8 Å². The maximum atomic E-state index is 6.95. The van der Waals surface area contributed by atoms with Crippen LogP contribution in [-0.4, -0.2) is 4.57 Å². The Balaban J connectivity index is 1.22. The third kappa shape index (κ3) is 4.31. The number of aromatic nitrogens is 1. The Hall–Kier alpha value is -7.36. The number of fused-ring (bicyclic) bond motifs is 14. The molecule has 268 valence electrons. The predicted molar refractivity (Wildman–Crippen MR) is 235 cm³/mol. The number of benzene rings is 9. The Morgan fingerprint density at radius 2 is 1.11 bits per heavy atom. The highest BCUT2D eigenvalue weighted by Crippen LogP contribution is 2.65. The van der Waals surface area contributed by atoms with Gasteiger partial charge in [-0.3, -0.25) is 0 Å². The van der Waals surface area contributed by atoms with Crippen LogP contribution in [0.2, 0.25) is 0 Å². The second-order valence-corrected chi connectivity index (χ2v) is 15.2. The monoisotopic (exact) mass is 728 g/mol. The maximum absolute atomic E-state index is 6.95. The number of ether oxygens (including phenoxy) is 1. The molecule has 2 heterocycles. The van der Waals surface area contributed by atoms with Gasteiger partial charge in [0.25, 0.3) is 0 Å². The van der Waals surface area contributed by atoms with Gasteiger partial charge in [0.1, 0.15) is 11.5 Å². The first-order chi connectivity index (χ1) is 28.2. The fraction of sp³-hybridized carbons (Fsp3) is 0.0370. The first-order valence-corrected chi connectivity index (χ1v) is 19.7. The van der Waals surface area contributed by atoms with Crippen molar-refractivity contribution < 1.29 is 4.74 Å². The molecule has 0 N–H and O–H groups in total. The molecule has 0 radical (unpaired) electrons. The normalized spacial score (nSPS) is 15.0. The van der Waals surface area contributed by atoms with Gasteiger partial charge in [-0.1, -0.05) is 152 Å². The highest BCUT2D eigenvalue weighted by atomic mass is 16.5. The Bertz CT molecular complexity index is 3250. The summed E-state index contributed by atoms with van der Waals surface area (Å²) in [6.07, 6.45) is 0. The summed E-state index contributed by atoms with van der Waals surface area (Å²) < 4.78 is 9.36. The fourth-order valence-electron chi connectivity index (χ4n) is 10.1. The molecule has 1 atom stereocenters. The number of hydrogen-bond acceptors (Lipinski definition) is 2. The molecule has 57 heavy (non-hydrogen) atoms. The summed E-state index contributed by atoms with van der Waals surface area (Å²) in [6.45, 7) is 2.23. The van der Waals surface area contributed by atoms with E-state index in [9.17, 15) is 0 Å². The van der Waals surface area contributed by atoms with Gasteiger partial charge in [0.15, 0.2) is 0 Å². The van der Waals surface area contributed by atoms with Gasteiger partial charge < -0.3 is 14.2 Å². The quantitative estimate of drug-likeness (QED) is 0.180. The van der Waals surface area contributed by atoms with Crippen LogP contribution in [0.4, 0.5) is 17.1 Å². The molecule has 12 rings (SSSR count). The van der Waals surface area contributed by atoms with E-state index in [1.807, 2.05) is 0 Å². The molecular formula is C54H36N2O. The Labute approximate surface area is 331 Å². The molecule has 0 amide bonds. The van der Waals surface area contributed by atoms with Crippen LogP contribution in [0.3, 0.4) is 0 Å². The molecular weight excluding hydrogens is 693 g/mol. The van der Waals surface area contributed by atoms with Crippen molar-refractivity contribution >= 4 is 49.6 Å². The first kappa shape index (κ1) is 31.9. The van der Waals surface area contributed by atoms with E-state index in [-0.39, 0.29) is 0 Å². The lowest BCUT2D eigenvalue weighted by Crippen LogP contribution is -2.32. The molecule has 1 aromatic heterocycles. The van der Waals surface area contributed by atoms with E-state index in [1.165, 1.54) is 60.6 Å². The molecule has 0 saturated carbocycles. The van der Waals surface area contributed by atoms with Gasteiger partial charge in [0, 0.05) is 44.2 Å². The van der Waals surface area contributed by atoms with Crippen molar-refractivity contribution in [3.05, 3.63) is 228 Å². The van der Waals surface area contributed by atoms with Gasteiger partial charge in [-0.25, -0.2) is 0 Å². The van der Waals surface area contributed by atoms with Crippen LogP contribution in [0.25, 0.3) is 49.4 Å². The smallest absolute Gasteiger partial charge is 0.140 e. The molecule has 1 spiro atoms. The minimum Gasteiger partial charge on any atom is -0.456 e. The standard InChI is InChI=1S/C54H36N2O/c1-35-17-5-12-27-45(35)56(49-31-16-30-48-52(49)40-23-9-13-28-46(40)55(48)37-19-3-2-4-20-37)47-29-15-26-43-51(47)39-22-8-10-24-41(39)54(43)42-25-11-14-32-50(42)57-53-38-21-7-6-18-36(38)33-34-44(53)54/h2-34H,1H3. The van der Waals surface area contributed by atoms with Crippen molar-refractivity contribution in [1.29, 1.82) is 0 Å². The van der Waals surface area contributed by atoms with Gasteiger partial charge in [-0.2, -0.15) is 0 Å². The lowest BCUT2D eigenvalue weighted by Gasteiger charge is -2.40. The lowest BCUT2D eigenvalue weighted by molar-refractivity contribution is 0.441. The second kappa shape index (κ2) is 12.1. The molecule has 3 nitrogen and oxygen atoms in total. The van der Waals surface area contributed by atoms with E-state index < -0.39 is 5.41 Å². The van der Waals surface area contributed by atoms with Crippen molar-refractivity contribution in [3.8, 4) is 28.3 Å². The molecule has 0 fully saturated rings. The van der Waals surface area contributed by atoms with Crippen LogP contribution < -0.4 is 9.64 Å². The molecule has 0 bridgehead atoms. The molecule has 1 aliphatic carbocycles. The molecule has 1 aliphatic heterocycles. The van der Waals surface area contributed by atoms with Crippen molar-refractivity contribution in [2.75, 3.05) is 4.90 Å². The summed E-state index contributed by atoms with van der Waals surface area (Å²) in [5.41, 5.74) is 14.8. The summed E-state index contributed by atoms with van der Waals surface area (Å²) >= 11 is 0. The van der Waals surface area contributed by atoms with Crippen LogP contribution in [0.5, 0.6) is 11.5 Å². The summed E-state index contributed by atoms with van der Waals surface area (Å²) in [7, 11) is 0. The predicted octanol–water partition coefficient (Wildman–Crippen LogP) is 14.2. The SMILES string of the molecule is Cc1ccccc1N(c1cccc2c1-c1ccccc1C21c2ccccc2Oc2c1ccc1ccccc21)c1cccc2c1c1ccccc1n2-c1ccccc1. The number of rotatable bonds is 4. The largest absolute Gasteiger partial charge is 0.456 e. The van der Waals surface area contributed by atoms with Crippen molar-refractivity contribution in [2.45, 2.75) is 12.3 Å². The van der Waals surface area contributed by atoms with E-state index in [0.717, 1.165) is 45.2 Å². The molecule has 0 saturated heterocycles. The highest BCUT2D eigenvalue weighted by molar-refractivity contribution is 6.17. The average molecular weight is 729 g/mol. The van der Waals surface area contributed by atoms with Gasteiger partial charge in [0.2, 0.25) is 0 Å². The summed E-state index contributed by atoms with van der Waals surface area (Å²) in [5.74, 6) is 1.82. The molecule has 1 unspecified atom stereocenters. The van der Waals surface area contributed by atoms with Gasteiger partial charge in [-0.05, 0) is 83.1 Å². The van der Waals surface area contributed by atoms with Crippen LogP contribution in [0.15, 0.2) is 200 Å². The van der Waals surface area contributed by atoms with Gasteiger partial charge in [0.05, 0.1) is 27.8 Å². The average Bonchev–Trinajstić information content (AvgIpc) is 3.77. The number of hydrogen-bond donors (Lipinski definition) is 0. The maximum Gasteiger partial charge on any atom is 0.140 e. The van der Waals surface area contributed by atoms with Crippen molar-refractivity contribution in [3.63, 3.8) is 0 Å². The van der Waals surface area contributed by atoms with E-state index >= 15 is 0 Å². The van der Waals surface area contributed by atoms with Crippen LogP contribution in [0, 0.1) is 6.92 Å².